The summed E-state index contributed by atoms with van der Waals surface area (Å²) < 4.78 is 16.6. The van der Waals surface area contributed by atoms with E-state index in [0.29, 0.717) is 31.9 Å². The van der Waals surface area contributed by atoms with Crippen LogP contribution in [0.4, 0.5) is 5.00 Å². The molecule has 156 valence electrons. The van der Waals surface area contributed by atoms with Crippen molar-refractivity contribution in [2.24, 2.45) is 0 Å². The van der Waals surface area contributed by atoms with Gasteiger partial charge < -0.3 is 19.5 Å². The third-order valence-corrected chi connectivity index (χ3v) is 6.99. The van der Waals surface area contributed by atoms with E-state index in [1.165, 1.54) is 22.7 Å². The molecule has 0 fully saturated rings. The van der Waals surface area contributed by atoms with E-state index in [-0.39, 0.29) is 19.3 Å². The number of benzene rings is 1. The van der Waals surface area contributed by atoms with Crippen LogP contribution in [0.2, 0.25) is 4.34 Å². The monoisotopic (exact) mass is 463 g/mol. The quantitative estimate of drug-likeness (QED) is 0.487. The number of amides is 1. The van der Waals surface area contributed by atoms with Crippen LogP contribution >= 0.6 is 34.3 Å². The summed E-state index contributed by atoms with van der Waals surface area (Å²) in [5.74, 6) is 0.655. The van der Waals surface area contributed by atoms with E-state index in [1.54, 1.807) is 19.1 Å². The lowest BCUT2D eigenvalue weighted by molar-refractivity contribution is 0.0527. The van der Waals surface area contributed by atoms with Crippen LogP contribution in [0.3, 0.4) is 0 Å². The molecule has 30 heavy (non-hydrogen) atoms. The van der Waals surface area contributed by atoms with Crippen LogP contribution in [0.5, 0.6) is 11.5 Å². The molecule has 6 nitrogen and oxygen atoms in total. The second kappa shape index (κ2) is 8.67. The van der Waals surface area contributed by atoms with Gasteiger partial charge in [0.05, 0.1) is 21.4 Å². The van der Waals surface area contributed by atoms with E-state index in [4.69, 9.17) is 25.8 Å². The number of anilines is 1. The summed E-state index contributed by atoms with van der Waals surface area (Å²) in [6.07, 6.45) is 0.584. The number of hydrogen-bond donors (Lipinski definition) is 1. The molecule has 1 aliphatic heterocycles. The van der Waals surface area contributed by atoms with Crippen molar-refractivity contribution in [3.8, 4) is 11.5 Å². The second-order valence-electron chi connectivity index (χ2n) is 6.50. The molecule has 0 unspecified atom stereocenters. The molecule has 0 saturated heterocycles. The number of fused-ring (bicyclic) bond motifs is 1. The van der Waals surface area contributed by atoms with Crippen LogP contribution < -0.4 is 14.8 Å². The summed E-state index contributed by atoms with van der Waals surface area (Å²) in [4.78, 5) is 26.7. The summed E-state index contributed by atoms with van der Waals surface area (Å²) in [6, 6.07) is 9.08. The summed E-state index contributed by atoms with van der Waals surface area (Å²) in [6.45, 7) is 4.08. The number of carbonyl (C=O) groups is 2. The van der Waals surface area contributed by atoms with Gasteiger partial charge in [-0.3, -0.25) is 4.79 Å². The third kappa shape index (κ3) is 4.16. The fraction of sp³-hybridized carbons (Fsp3) is 0.238. The first-order valence-electron chi connectivity index (χ1n) is 9.21. The molecule has 1 aliphatic rings. The molecule has 1 N–H and O–H groups in total. The first kappa shape index (κ1) is 20.7. The zero-order valence-corrected chi connectivity index (χ0v) is 18.6. The summed E-state index contributed by atoms with van der Waals surface area (Å²) in [7, 11) is 0. The molecule has 2 aromatic heterocycles. The van der Waals surface area contributed by atoms with Gasteiger partial charge in [-0.25, -0.2) is 4.79 Å². The van der Waals surface area contributed by atoms with Crippen LogP contribution in [0.25, 0.3) is 0 Å². The van der Waals surface area contributed by atoms with Gasteiger partial charge in [0.1, 0.15) is 5.00 Å². The number of thiophene rings is 2. The first-order valence-corrected chi connectivity index (χ1v) is 11.2. The number of halogens is 1. The maximum atomic E-state index is 12.6. The molecule has 3 heterocycles. The zero-order chi connectivity index (χ0) is 21.3. The van der Waals surface area contributed by atoms with Crippen LogP contribution in [-0.4, -0.2) is 25.3 Å². The normalized spacial score (nSPS) is 12.1. The minimum Gasteiger partial charge on any atom is -0.462 e. The van der Waals surface area contributed by atoms with E-state index in [0.717, 1.165) is 21.8 Å². The number of nitrogens with one attached hydrogen (secondary N) is 1. The topological polar surface area (TPSA) is 73.9 Å². The highest BCUT2D eigenvalue weighted by atomic mass is 35.5. The van der Waals surface area contributed by atoms with E-state index >= 15 is 0 Å². The highest BCUT2D eigenvalue weighted by Crippen LogP contribution is 2.38. The molecular formula is C21H18ClNO5S2. The van der Waals surface area contributed by atoms with Gasteiger partial charge >= 0.3 is 5.97 Å². The summed E-state index contributed by atoms with van der Waals surface area (Å²) in [5.41, 5.74) is 2.19. The Morgan fingerprint density at radius 2 is 1.97 bits per heavy atom. The molecule has 0 bridgehead atoms. The predicted molar refractivity (Wildman–Crippen MR) is 118 cm³/mol. The van der Waals surface area contributed by atoms with Gasteiger partial charge in [0.25, 0.3) is 5.91 Å². The van der Waals surface area contributed by atoms with Gasteiger partial charge in [0, 0.05) is 11.3 Å². The van der Waals surface area contributed by atoms with Crippen molar-refractivity contribution in [1.29, 1.82) is 0 Å². The van der Waals surface area contributed by atoms with E-state index in [1.807, 2.05) is 25.1 Å². The lowest BCUT2D eigenvalue weighted by Gasteiger charge is -2.06. The second-order valence-corrected chi connectivity index (χ2v) is 9.32. The maximum absolute atomic E-state index is 12.6. The largest absolute Gasteiger partial charge is 0.462 e. The van der Waals surface area contributed by atoms with Crippen molar-refractivity contribution in [2.75, 3.05) is 18.7 Å². The molecule has 9 heteroatoms. The maximum Gasteiger partial charge on any atom is 0.341 e. The van der Waals surface area contributed by atoms with Crippen molar-refractivity contribution in [3.05, 3.63) is 61.1 Å². The van der Waals surface area contributed by atoms with Gasteiger partial charge in [-0.05, 0) is 49.2 Å². The summed E-state index contributed by atoms with van der Waals surface area (Å²) >= 11 is 8.48. The smallest absolute Gasteiger partial charge is 0.341 e. The van der Waals surface area contributed by atoms with Crippen molar-refractivity contribution in [3.63, 3.8) is 0 Å². The number of carbonyl (C=O) groups excluding carboxylic acids is 2. The van der Waals surface area contributed by atoms with Crippen molar-refractivity contribution < 1.29 is 23.8 Å². The first-order chi connectivity index (χ1) is 14.5. The third-order valence-electron chi connectivity index (χ3n) is 4.55. The lowest BCUT2D eigenvalue weighted by atomic mass is 10.1. The van der Waals surface area contributed by atoms with Crippen LogP contribution in [-0.2, 0) is 11.2 Å². The van der Waals surface area contributed by atoms with E-state index < -0.39 is 5.97 Å². The number of ether oxygens (including phenoxy) is 3. The SMILES string of the molecule is CCOC(=O)c1c(NC(=O)c2ccc(Cl)s2)sc(Cc2ccc3c(c2)OCO3)c1C. The van der Waals surface area contributed by atoms with E-state index in [9.17, 15) is 9.59 Å². The number of rotatable bonds is 6. The summed E-state index contributed by atoms with van der Waals surface area (Å²) in [5, 5.41) is 3.32. The van der Waals surface area contributed by atoms with Crippen LogP contribution in [0, 0.1) is 6.92 Å². The zero-order valence-electron chi connectivity index (χ0n) is 16.2. The molecule has 0 spiro atoms. The van der Waals surface area contributed by atoms with Crippen LogP contribution in [0.15, 0.2) is 30.3 Å². The Kier molecular flexibility index (Phi) is 5.99. The standard InChI is InChI=1S/C21H18ClNO5S2/c1-3-26-21(25)18-11(2)16(9-12-4-5-13-14(8-12)28-10-27-13)30-20(18)23-19(24)15-6-7-17(22)29-15/h4-8H,3,9-10H2,1-2H3,(H,23,24). The molecular weight excluding hydrogens is 446 g/mol. The van der Waals surface area contributed by atoms with E-state index in [2.05, 4.69) is 5.32 Å². The Bertz CT molecular complexity index is 1120. The van der Waals surface area contributed by atoms with Crippen LogP contribution in [0.1, 0.15) is 43.0 Å². The minimum absolute atomic E-state index is 0.215. The highest BCUT2D eigenvalue weighted by Gasteiger charge is 2.25. The Morgan fingerprint density at radius 1 is 1.17 bits per heavy atom. The van der Waals surface area contributed by atoms with Crippen molar-refractivity contribution >= 4 is 51.2 Å². The highest BCUT2D eigenvalue weighted by molar-refractivity contribution is 7.18. The molecule has 0 aliphatic carbocycles. The molecule has 1 aromatic carbocycles. The molecule has 0 saturated carbocycles. The number of esters is 1. The number of hydrogen-bond acceptors (Lipinski definition) is 7. The molecule has 3 aromatic rings. The van der Waals surface area contributed by atoms with Gasteiger partial charge in [0.15, 0.2) is 11.5 Å². The van der Waals surface area contributed by atoms with Crippen molar-refractivity contribution in [2.45, 2.75) is 20.3 Å². The Morgan fingerprint density at radius 3 is 2.70 bits per heavy atom. The average molecular weight is 464 g/mol. The van der Waals surface area contributed by atoms with Gasteiger partial charge in [0.2, 0.25) is 6.79 Å². The molecule has 0 radical (unpaired) electrons. The van der Waals surface area contributed by atoms with Gasteiger partial charge in [-0.15, -0.1) is 22.7 Å². The fourth-order valence-electron chi connectivity index (χ4n) is 3.10. The Hall–Kier alpha value is -2.55. The average Bonchev–Trinajstić information content (AvgIpc) is 3.41. The molecule has 0 atom stereocenters. The molecule has 1 amide bonds. The Balaban J connectivity index is 1.65. The fourth-order valence-corrected chi connectivity index (χ4v) is 5.26. The Labute approximate surface area is 186 Å². The van der Waals surface area contributed by atoms with Gasteiger partial charge in [-0.2, -0.15) is 0 Å². The predicted octanol–water partition coefficient (Wildman–Crippen LogP) is 5.52. The van der Waals surface area contributed by atoms with Crippen molar-refractivity contribution in [1.82, 2.24) is 0 Å². The molecule has 4 rings (SSSR count). The minimum atomic E-state index is -0.456. The lowest BCUT2D eigenvalue weighted by Crippen LogP contribution is -2.13. The van der Waals surface area contributed by atoms with Gasteiger partial charge in [-0.1, -0.05) is 17.7 Å².